The number of carbonyl (C=O) groups is 2. The molecule has 1 unspecified atom stereocenters. The molecule has 6 heteroatoms. The van der Waals surface area contributed by atoms with Crippen molar-refractivity contribution >= 4 is 35.0 Å². The van der Waals surface area contributed by atoms with Crippen LogP contribution in [-0.4, -0.2) is 17.6 Å². The fourth-order valence-electron chi connectivity index (χ4n) is 4.23. The van der Waals surface area contributed by atoms with Crippen LogP contribution in [-0.2, 0) is 17.6 Å². The van der Waals surface area contributed by atoms with Crippen molar-refractivity contribution in [3.63, 3.8) is 0 Å². The summed E-state index contributed by atoms with van der Waals surface area (Å²) < 4.78 is 13.8. The molecule has 1 atom stereocenters. The van der Waals surface area contributed by atoms with Crippen LogP contribution in [0.1, 0.15) is 38.8 Å². The molecule has 1 aliphatic heterocycles. The lowest BCUT2D eigenvalue weighted by molar-refractivity contribution is -0.115. The molecule has 1 heterocycles. The van der Waals surface area contributed by atoms with Gasteiger partial charge in [-0.15, -0.1) is 11.8 Å². The highest BCUT2D eigenvalue weighted by molar-refractivity contribution is 8.00. The molecule has 3 aromatic rings. The fourth-order valence-corrected chi connectivity index (χ4v) is 5.41. The highest BCUT2D eigenvalue weighted by atomic mass is 32.2. The second kappa shape index (κ2) is 8.19. The summed E-state index contributed by atoms with van der Waals surface area (Å²) in [6.07, 6.45) is 3.35. The lowest BCUT2D eigenvalue weighted by Gasteiger charge is -2.25. The maximum atomic E-state index is 13.8. The predicted molar refractivity (Wildman–Crippen MR) is 122 cm³/mol. The molecule has 156 valence electrons. The van der Waals surface area contributed by atoms with Crippen molar-refractivity contribution in [2.24, 2.45) is 0 Å². The summed E-state index contributed by atoms with van der Waals surface area (Å²) in [5, 5.41) is 2.62. The van der Waals surface area contributed by atoms with Gasteiger partial charge in [0.1, 0.15) is 11.2 Å². The highest BCUT2D eigenvalue weighted by Crippen LogP contribution is 2.43. The van der Waals surface area contributed by atoms with Crippen molar-refractivity contribution in [3.8, 4) is 0 Å². The van der Waals surface area contributed by atoms with Crippen molar-refractivity contribution in [2.75, 3.05) is 16.0 Å². The van der Waals surface area contributed by atoms with Gasteiger partial charge in [-0.2, -0.15) is 0 Å². The van der Waals surface area contributed by atoms with Crippen LogP contribution in [0.4, 0.5) is 15.8 Å². The standard InChI is InChI=1S/C25H21FN2O2S/c26-22-7-2-1-6-21(22)24(30)27-19-11-8-17(9-12-19)25-28(23(29)15-31-25)20-13-10-16-4-3-5-18(16)14-20/h1-2,6-14,25H,3-5,15H2,(H,27,30). The quantitative estimate of drug-likeness (QED) is 0.605. The maximum absolute atomic E-state index is 13.8. The molecule has 4 nitrogen and oxygen atoms in total. The largest absolute Gasteiger partial charge is 0.322 e. The summed E-state index contributed by atoms with van der Waals surface area (Å²) in [6, 6.07) is 19.6. The number of halogens is 1. The van der Waals surface area contributed by atoms with Crippen molar-refractivity contribution < 1.29 is 14.0 Å². The molecule has 0 saturated carbocycles. The van der Waals surface area contributed by atoms with E-state index >= 15 is 0 Å². The third kappa shape index (κ3) is 3.83. The van der Waals surface area contributed by atoms with Gasteiger partial charge in [-0.3, -0.25) is 14.5 Å². The zero-order valence-corrected chi connectivity index (χ0v) is 17.6. The number of benzene rings is 3. The van der Waals surface area contributed by atoms with Gasteiger partial charge in [0.15, 0.2) is 0 Å². The number of carbonyl (C=O) groups excluding carboxylic acids is 2. The van der Waals surface area contributed by atoms with Crippen LogP contribution in [0.3, 0.4) is 0 Å². The molecule has 0 spiro atoms. The average molecular weight is 433 g/mol. The molecule has 5 rings (SSSR count). The molecule has 0 radical (unpaired) electrons. The Labute approximate surface area is 184 Å². The van der Waals surface area contributed by atoms with Gasteiger partial charge >= 0.3 is 0 Å². The van der Waals surface area contributed by atoms with Crippen molar-refractivity contribution in [3.05, 3.63) is 94.8 Å². The van der Waals surface area contributed by atoms with E-state index in [0.29, 0.717) is 11.4 Å². The molecule has 1 saturated heterocycles. The van der Waals surface area contributed by atoms with Crippen molar-refractivity contribution in [1.82, 2.24) is 0 Å². The molecule has 1 fully saturated rings. The fraction of sp³-hybridized carbons (Fsp3) is 0.200. The Hall–Kier alpha value is -3.12. The number of hydrogen-bond donors (Lipinski definition) is 1. The Balaban J connectivity index is 1.35. The van der Waals surface area contributed by atoms with E-state index in [0.717, 1.165) is 24.1 Å². The lowest BCUT2D eigenvalue weighted by Crippen LogP contribution is -2.27. The smallest absolute Gasteiger partial charge is 0.258 e. The van der Waals surface area contributed by atoms with Crippen LogP contribution in [0.2, 0.25) is 0 Å². The van der Waals surface area contributed by atoms with E-state index in [1.54, 1.807) is 36.0 Å². The molecule has 3 aromatic carbocycles. The molecule has 31 heavy (non-hydrogen) atoms. The van der Waals surface area contributed by atoms with Gasteiger partial charge in [0.05, 0.1) is 11.3 Å². The number of rotatable bonds is 4. The number of aryl methyl sites for hydroxylation is 2. The van der Waals surface area contributed by atoms with E-state index in [1.807, 2.05) is 23.1 Å². The first kappa shape index (κ1) is 19.8. The van der Waals surface area contributed by atoms with Crippen molar-refractivity contribution in [1.29, 1.82) is 0 Å². The monoisotopic (exact) mass is 432 g/mol. The second-order valence-corrected chi connectivity index (χ2v) is 8.86. The summed E-state index contributed by atoms with van der Waals surface area (Å²) in [7, 11) is 0. The van der Waals surface area contributed by atoms with Gasteiger partial charge in [-0.25, -0.2) is 4.39 Å². The van der Waals surface area contributed by atoms with E-state index in [4.69, 9.17) is 0 Å². The van der Waals surface area contributed by atoms with E-state index in [-0.39, 0.29) is 16.8 Å². The lowest BCUT2D eigenvalue weighted by atomic mass is 10.1. The van der Waals surface area contributed by atoms with Gasteiger partial charge in [-0.05, 0) is 72.4 Å². The number of hydrogen-bond acceptors (Lipinski definition) is 3. The Morgan fingerprint density at radius 2 is 1.77 bits per heavy atom. The first-order valence-electron chi connectivity index (χ1n) is 10.3. The van der Waals surface area contributed by atoms with Gasteiger partial charge < -0.3 is 5.32 Å². The number of anilines is 2. The Morgan fingerprint density at radius 3 is 2.58 bits per heavy atom. The average Bonchev–Trinajstić information content (AvgIpc) is 3.40. The molecule has 2 amide bonds. The maximum Gasteiger partial charge on any atom is 0.258 e. The summed E-state index contributed by atoms with van der Waals surface area (Å²) >= 11 is 1.60. The zero-order chi connectivity index (χ0) is 21.4. The first-order chi connectivity index (χ1) is 15.1. The number of nitrogens with one attached hydrogen (secondary N) is 1. The minimum atomic E-state index is -0.553. The minimum Gasteiger partial charge on any atom is -0.322 e. The van der Waals surface area contributed by atoms with Crippen LogP contribution in [0.5, 0.6) is 0 Å². The summed E-state index contributed by atoms with van der Waals surface area (Å²) in [5.74, 6) is -0.503. The van der Waals surface area contributed by atoms with Gasteiger partial charge in [0.25, 0.3) is 5.91 Å². The molecule has 2 aliphatic rings. The number of thioether (sulfide) groups is 1. The van der Waals surface area contributed by atoms with E-state index in [9.17, 15) is 14.0 Å². The van der Waals surface area contributed by atoms with E-state index < -0.39 is 11.7 Å². The summed E-state index contributed by atoms with van der Waals surface area (Å²) in [4.78, 5) is 26.9. The Morgan fingerprint density at radius 1 is 1.00 bits per heavy atom. The molecule has 0 bridgehead atoms. The first-order valence-corrected chi connectivity index (χ1v) is 11.4. The van der Waals surface area contributed by atoms with Crippen LogP contribution in [0.15, 0.2) is 66.7 Å². The van der Waals surface area contributed by atoms with Gasteiger partial charge in [-0.1, -0.05) is 30.3 Å². The summed E-state index contributed by atoms with van der Waals surface area (Å²) in [5.41, 5.74) is 5.24. The third-order valence-electron chi connectivity index (χ3n) is 5.80. The van der Waals surface area contributed by atoms with Crippen LogP contribution >= 0.6 is 11.8 Å². The normalized spacial score (nSPS) is 17.6. The Bertz CT molecular complexity index is 1160. The number of fused-ring (bicyclic) bond motifs is 1. The molecular formula is C25H21FN2O2S. The minimum absolute atomic E-state index is 0.00584. The second-order valence-electron chi connectivity index (χ2n) is 7.79. The van der Waals surface area contributed by atoms with Crippen molar-refractivity contribution in [2.45, 2.75) is 24.6 Å². The molecular weight excluding hydrogens is 411 g/mol. The van der Waals surface area contributed by atoms with Crippen LogP contribution < -0.4 is 10.2 Å². The summed E-state index contributed by atoms with van der Waals surface area (Å²) in [6.45, 7) is 0. The third-order valence-corrected chi connectivity index (χ3v) is 7.01. The Kier molecular flexibility index (Phi) is 5.24. The van der Waals surface area contributed by atoms with Crippen LogP contribution in [0, 0.1) is 5.82 Å². The SMILES string of the molecule is O=C(Nc1ccc(C2SCC(=O)N2c2ccc3c(c2)CCC3)cc1)c1ccccc1F. The number of nitrogens with zero attached hydrogens (tertiary/aromatic N) is 1. The van der Waals surface area contributed by atoms with Crippen LogP contribution in [0.25, 0.3) is 0 Å². The molecule has 1 N–H and O–H groups in total. The molecule has 0 aromatic heterocycles. The topological polar surface area (TPSA) is 49.4 Å². The molecule has 1 aliphatic carbocycles. The van der Waals surface area contributed by atoms with Gasteiger partial charge in [0, 0.05) is 11.4 Å². The van der Waals surface area contributed by atoms with Gasteiger partial charge in [0.2, 0.25) is 5.91 Å². The van der Waals surface area contributed by atoms with E-state index in [1.165, 1.54) is 29.7 Å². The number of amides is 2. The highest BCUT2D eigenvalue weighted by Gasteiger charge is 2.34. The predicted octanol–water partition coefficient (Wildman–Crippen LogP) is 5.35. The zero-order valence-electron chi connectivity index (χ0n) is 16.8. The van der Waals surface area contributed by atoms with E-state index in [2.05, 4.69) is 17.4 Å².